The zero-order valence-corrected chi connectivity index (χ0v) is 13.6. The molecule has 1 aromatic heterocycles. The van der Waals surface area contributed by atoms with Gasteiger partial charge in [0.15, 0.2) is 0 Å². The van der Waals surface area contributed by atoms with Gasteiger partial charge < -0.3 is 10.6 Å². The number of aromatic nitrogens is 2. The zero-order valence-electron chi connectivity index (χ0n) is 13.6. The van der Waals surface area contributed by atoms with Crippen molar-refractivity contribution in [3.05, 3.63) is 17.5 Å². The lowest BCUT2D eigenvalue weighted by Gasteiger charge is -2.35. The summed E-state index contributed by atoms with van der Waals surface area (Å²) in [6.07, 6.45) is 7.79. The van der Waals surface area contributed by atoms with Crippen LogP contribution < -0.4 is 10.6 Å². The summed E-state index contributed by atoms with van der Waals surface area (Å²) >= 11 is 0. The fraction of sp³-hybridized carbons (Fsp3) is 0.765. The molecule has 1 saturated heterocycles. The van der Waals surface area contributed by atoms with Gasteiger partial charge in [-0.1, -0.05) is 20.8 Å². The maximum atomic E-state index is 6.07. The van der Waals surface area contributed by atoms with E-state index in [1.165, 1.54) is 17.7 Å². The molecule has 0 aromatic carbocycles. The fourth-order valence-corrected chi connectivity index (χ4v) is 3.58. The summed E-state index contributed by atoms with van der Waals surface area (Å²) in [5.74, 6) is 1.63. The Hall–Kier alpha value is -1.16. The Morgan fingerprint density at radius 2 is 2.10 bits per heavy atom. The summed E-state index contributed by atoms with van der Waals surface area (Å²) in [6, 6.07) is 0.267. The highest BCUT2D eigenvalue weighted by atomic mass is 15.3. The molecule has 0 bridgehead atoms. The predicted molar refractivity (Wildman–Crippen MR) is 86.4 cm³/mol. The molecule has 2 heterocycles. The van der Waals surface area contributed by atoms with Gasteiger partial charge in [0.05, 0.1) is 0 Å². The quantitative estimate of drug-likeness (QED) is 0.863. The van der Waals surface area contributed by atoms with Gasteiger partial charge in [-0.05, 0) is 49.0 Å². The first-order valence-electron chi connectivity index (χ1n) is 8.29. The molecule has 2 atom stereocenters. The van der Waals surface area contributed by atoms with E-state index >= 15 is 0 Å². The number of anilines is 1. The lowest BCUT2D eigenvalue weighted by atomic mass is 9.72. The molecule has 0 saturated carbocycles. The summed E-state index contributed by atoms with van der Waals surface area (Å²) in [6.45, 7) is 8.95. The maximum Gasteiger partial charge on any atom is 0.225 e. The topological polar surface area (TPSA) is 55.0 Å². The summed E-state index contributed by atoms with van der Waals surface area (Å²) in [4.78, 5) is 11.7. The molecule has 0 amide bonds. The standard InChI is InChI=1S/C17H28N4/c1-17(2,3)13-6-7-15-12(9-13)10-19-16(20-15)21-8-4-5-14(18)11-21/h10,13-14H,4-9,11,18H2,1-3H3. The Bertz CT molecular complexity index is 506. The SMILES string of the molecule is CC(C)(C)C1CCc2nc(N3CCCC(N)C3)ncc2C1. The van der Waals surface area contributed by atoms with E-state index in [0.717, 1.165) is 50.6 Å². The van der Waals surface area contributed by atoms with Crippen molar-refractivity contribution < 1.29 is 0 Å². The van der Waals surface area contributed by atoms with Gasteiger partial charge in [-0.25, -0.2) is 9.97 Å². The molecular formula is C17H28N4. The second-order valence-electron chi connectivity index (χ2n) is 7.80. The molecule has 2 aliphatic rings. The van der Waals surface area contributed by atoms with E-state index in [1.807, 2.05) is 0 Å². The molecule has 0 radical (unpaired) electrons. The first kappa shape index (κ1) is 14.8. The van der Waals surface area contributed by atoms with E-state index < -0.39 is 0 Å². The van der Waals surface area contributed by atoms with E-state index in [9.17, 15) is 0 Å². The van der Waals surface area contributed by atoms with Crippen molar-refractivity contribution in [1.82, 2.24) is 9.97 Å². The van der Waals surface area contributed by atoms with Gasteiger partial charge in [0.25, 0.3) is 0 Å². The lowest BCUT2D eigenvalue weighted by molar-refractivity contribution is 0.214. The summed E-state index contributed by atoms with van der Waals surface area (Å²) in [5, 5.41) is 0. The van der Waals surface area contributed by atoms with Gasteiger partial charge in [0, 0.05) is 31.0 Å². The number of aryl methyl sites for hydroxylation is 1. The van der Waals surface area contributed by atoms with Crippen LogP contribution in [0.3, 0.4) is 0 Å². The van der Waals surface area contributed by atoms with Crippen molar-refractivity contribution in [2.45, 2.75) is 58.9 Å². The number of hydrogen-bond acceptors (Lipinski definition) is 4. The van der Waals surface area contributed by atoms with Crippen LogP contribution in [0.15, 0.2) is 6.20 Å². The van der Waals surface area contributed by atoms with Crippen LogP contribution in [0, 0.1) is 11.3 Å². The number of rotatable bonds is 1. The zero-order chi connectivity index (χ0) is 15.0. The van der Waals surface area contributed by atoms with Crippen LogP contribution in [0.5, 0.6) is 0 Å². The summed E-state index contributed by atoms with van der Waals surface area (Å²) in [7, 11) is 0. The minimum atomic E-state index is 0.267. The van der Waals surface area contributed by atoms with Crippen LogP contribution in [0.25, 0.3) is 0 Å². The number of hydrogen-bond donors (Lipinski definition) is 1. The lowest BCUT2D eigenvalue weighted by Crippen LogP contribution is -2.43. The molecule has 2 N–H and O–H groups in total. The second-order valence-corrected chi connectivity index (χ2v) is 7.80. The van der Waals surface area contributed by atoms with Crippen molar-refractivity contribution in [1.29, 1.82) is 0 Å². The van der Waals surface area contributed by atoms with Crippen LogP contribution in [0.4, 0.5) is 5.95 Å². The van der Waals surface area contributed by atoms with Gasteiger partial charge >= 0.3 is 0 Å². The molecule has 1 aromatic rings. The molecule has 2 unspecified atom stereocenters. The highest BCUT2D eigenvalue weighted by Crippen LogP contribution is 2.36. The number of piperidine rings is 1. The molecule has 21 heavy (non-hydrogen) atoms. The minimum Gasteiger partial charge on any atom is -0.339 e. The molecule has 1 fully saturated rings. The number of nitrogens with zero attached hydrogens (tertiary/aromatic N) is 3. The van der Waals surface area contributed by atoms with Crippen molar-refractivity contribution in [3.8, 4) is 0 Å². The second kappa shape index (κ2) is 5.56. The maximum absolute atomic E-state index is 6.07. The van der Waals surface area contributed by atoms with Crippen molar-refractivity contribution in [2.24, 2.45) is 17.1 Å². The van der Waals surface area contributed by atoms with Crippen LogP contribution in [0.1, 0.15) is 51.3 Å². The van der Waals surface area contributed by atoms with Crippen molar-refractivity contribution in [2.75, 3.05) is 18.0 Å². The third kappa shape index (κ3) is 3.20. The van der Waals surface area contributed by atoms with Crippen molar-refractivity contribution in [3.63, 3.8) is 0 Å². The Balaban J connectivity index is 1.77. The van der Waals surface area contributed by atoms with E-state index in [2.05, 4.69) is 36.9 Å². The molecule has 4 heteroatoms. The van der Waals surface area contributed by atoms with E-state index in [4.69, 9.17) is 10.7 Å². The van der Waals surface area contributed by atoms with Crippen LogP contribution in [0.2, 0.25) is 0 Å². The molecule has 3 rings (SSSR count). The molecular weight excluding hydrogens is 260 g/mol. The highest BCUT2D eigenvalue weighted by molar-refractivity contribution is 5.35. The summed E-state index contributed by atoms with van der Waals surface area (Å²) < 4.78 is 0. The molecule has 0 spiro atoms. The fourth-order valence-electron chi connectivity index (χ4n) is 3.58. The Morgan fingerprint density at radius 1 is 1.29 bits per heavy atom. The first-order valence-corrected chi connectivity index (χ1v) is 8.29. The van der Waals surface area contributed by atoms with E-state index in [1.54, 1.807) is 0 Å². The van der Waals surface area contributed by atoms with Gasteiger partial charge in [-0.15, -0.1) is 0 Å². The van der Waals surface area contributed by atoms with Crippen LogP contribution in [-0.4, -0.2) is 29.1 Å². The van der Waals surface area contributed by atoms with E-state index in [0.29, 0.717) is 5.41 Å². The number of nitrogens with two attached hydrogens (primary N) is 1. The van der Waals surface area contributed by atoms with Crippen LogP contribution >= 0.6 is 0 Å². The Kier molecular flexibility index (Phi) is 3.91. The molecule has 1 aliphatic carbocycles. The van der Waals surface area contributed by atoms with Gasteiger partial charge in [-0.2, -0.15) is 0 Å². The van der Waals surface area contributed by atoms with Crippen molar-refractivity contribution >= 4 is 5.95 Å². The number of fused-ring (bicyclic) bond motifs is 1. The first-order chi connectivity index (χ1) is 9.93. The monoisotopic (exact) mass is 288 g/mol. The summed E-state index contributed by atoms with van der Waals surface area (Å²) in [5.41, 5.74) is 9.06. The average molecular weight is 288 g/mol. The highest BCUT2D eigenvalue weighted by Gasteiger charge is 2.30. The smallest absolute Gasteiger partial charge is 0.225 e. The van der Waals surface area contributed by atoms with Gasteiger partial charge in [-0.3, -0.25) is 0 Å². The molecule has 4 nitrogen and oxygen atoms in total. The minimum absolute atomic E-state index is 0.267. The largest absolute Gasteiger partial charge is 0.339 e. The Morgan fingerprint density at radius 3 is 2.81 bits per heavy atom. The average Bonchev–Trinajstić information content (AvgIpc) is 2.45. The van der Waals surface area contributed by atoms with Gasteiger partial charge in [0.1, 0.15) is 0 Å². The third-order valence-electron chi connectivity index (χ3n) is 5.10. The molecule has 1 aliphatic heterocycles. The predicted octanol–water partition coefficient (Wildman–Crippen LogP) is 2.56. The normalized spacial score (nSPS) is 26.6. The Labute approximate surface area is 128 Å². The molecule has 116 valence electrons. The van der Waals surface area contributed by atoms with Gasteiger partial charge in [0.2, 0.25) is 5.95 Å². The van der Waals surface area contributed by atoms with E-state index in [-0.39, 0.29) is 6.04 Å². The third-order valence-corrected chi connectivity index (χ3v) is 5.10. The van der Waals surface area contributed by atoms with Crippen LogP contribution in [-0.2, 0) is 12.8 Å².